The molecule has 0 amide bonds. The van der Waals surface area contributed by atoms with Crippen molar-refractivity contribution in [1.82, 2.24) is 4.98 Å². The first-order valence-electron chi connectivity index (χ1n) is 5.85. The molecule has 20 heavy (non-hydrogen) atoms. The van der Waals surface area contributed by atoms with Gasteiger partial charge in [0, 0.05) is 10.9 Å². The summed E-state index contributed by atoms with van der Waals surface area (Å²) in [6.07, 6.45) is 0. The number of benzene rings is 1. The average molecular weight is 297 g/mol. The standard InChI is InChI=1S/C13H13ClN2O4/c1-3-20-13(18)10-7-4-8(14)6(12(17)19-2)5-9(7)16-11(10)15/h4-5,16H,3,15H2,1-2H3. The molecule has 1 aromatic carbocycles. The first-order valence-corrected chi connectivity index (χ1v) is 6.23. The van der Waals surface area contributed by atoms with E-state index in [9.17, 15) is 9.59 Å². The molecule has 0 atom stereocenters. The molecule has 0 fully saturated rings. The van der Waals surface area contributed by atoms with E-state index in [4.69, 9.17) is 22.1 Å². The second-order valence-electron chi connectivity index (χ2n) is 4.00. The summed E-state index contributed by atoms with van der Waals surface area (Å²) in [5, 5.41) is 0.674. The van der Waals surface area contributed by atoms with E-state index in [2.05, 4.69) is 9.72 Å². The molecule has 1 heterocycles. The molecule has 2 aromatic rings. The Morgan fingerprint density at radius 3 is 2.65 bits per heavy atom. The topological polar surface area (TPSA) is 94.4 Å². The third-order valence-electron chi connectivity index (χ3n) is 2.80. The zero-order valence-electron chi connectivity index (χ0n) is 11.0. The van der Waals surface area contributed by atoms with Crippen LogP contribution in [0.2, 0.25) is 5.02 Å². The highest BCUT2D eigenvalue weighted by Gasteiger charge is 2.21. The van der Waals surface area contributed by atoms with Gasteiger partial charge in [-0.1, -0.05) is 11.6 Å². The van der Waals surface area contributed by atoms with Crippen molar-refractivity contribution in [2.75, 3.05) is 19.5 Å². The Bertz CT molecular complexity index is 693. The lowest BCUT2D eigenvalue weighted by molar-refractivity contribution is 0.0529. The van der Waals surface area contributed by atoms with E-state index >= 15 is 0 Å². The van der Waals surface area contributed by atoms with E-state index in [1.165, 1.54) is 19.2 Å². The van der Waals surface area contributed by atoms with Crippen LogP contribution in [0.5, 0.6) is 0 Å². The Morgan fingerprint density at radius 2 is 2.05 bits per heavy atom. The first-order chi connectivity index (χ1) is 9.49. The number of aromatic nitrogens is 1. The summed E-state index contributed by atoms with van der Waals surface area (Å²) >= 11 is 6.03. The van der Waals surface area contributed by atoms with Gasteiger partial charge in [-0.2, -0.15) is 0 Å². The Hall–Kier alpha value is -2.21. The maximum Gasteiger partial charge on any atom is 0.342 e. The minimum absolute atomic E-state index is 0.163. The van der Waals surface area contributed by atoms with Crippen LogP contribution in [-0.2, 0) is 9.47 Å². The molecular weight excluding hydrogens is 284 g/mol. The molecule has 3 N–H and O–H groups in total. The zero-order chi connectivity index (χ0) is 14.9. The summed E-state index contributed by atoms with van der Waals surface area (Å²) in [6.45, 7) is 1.93. The normalized spacial score (nSPS) is 10.6. The van der Waals surface area contributed by atoms with E-state index in [-0.39, 0.29) is 28.6 Å². The van der Waals surface area contributed by atoms with Crippen LogP contribution in [0, 0.1) is 0 Å². The minimum atomic E-state index is -0.567. The van der Waals surface area contributed by atoms with E-state index in [1.54, 1.807) is 6.92 Å². The first kappa shape index (κ1) is 14.2. The molecular formula is C13H13ClN2O4. The average Bonchev–Trinajstić information content (AvgIpc) is 2.72. The van der Waals surface area contributed by atoms with Crippen LogP contribution in [0.3, 0.4) is 0 Å². The van der Waals surface area contributed by atoms with Crippen LogP contribution in [-0.4, -0.2) is 30.6 Å². The number of hydrogen-bond acceptors (Lipinski definition) is 5. The lowest BCUT2D eigenvalue weighted by atomic mass is 10.1. The molecule has 7 heteroatoms. The van der Waals surface area contributed by atoms with Crippen molar-refractivity contribution >= 4 is 40.3 Å². The number of H-pyrrole nitrogens is 1. The Kier molecular flexibility index (Phi) is 3.85. The van der Waals surface area contributed by atoms with Gasteiger partial charge >= 0.3 is 11.9 Å². The molecule has 0 radical (unpaired) electrons. The van der Waals surface area contributed by atoms with E-state index in [0.29, 0.717) is 10.9 Å². The van der Waals surface area contributed by atoms with Gasteiger partial charge in [-0.05, 0) is 19.1 Å². The van der Waals surface area contributed by atoms with Crippen LogP contribution in [0.1, 0.15) is 27.6 Å². The van der Waals surface area contributed by atoms with Gasteiger partial charge < -0.3 is 20.2 Å². The van der Waals surface area contributed by atoms with Crippen LogP contribution < -0.4 is 5.73 Å². The molecule has 0 aliphatic heterocycles. The number of rotatable bonds is 3. The number of carbonyl (C=O) groups excluding carboxylic acids is 2. The quantitative estimate of drug-likeness (QED) is 0.848. The van der Waals surface area contributed by atoms with Gasteiger partial charge in [0.05, 0.1) is 24.3 Å². The smallest absolute Gasteiger partial charge is 0.342 e. The fraction of sp³-hybridized carbons (Fsp3) is 0.231. The van der Waals surface area contributed by atoms with Gasteiger partial charge in [0.25, 0.3) is 0 Å². The second kappa shape index (κ2) is 5.42. The summed E-state index contributed by atoms with van der Waals surface area (Å²) in [5.74, 6) is -0.947. The van der Waals surface area contributed by atoms with Crippen LogP contribution in [0.25, 0.3) is 10.9 Å². The van der Waals surface area contributed by atoms with Crippen LogP contribution in [0.15, 0.2) is 12.1 Å². The number of ether oxygens (including phenoxy) is 2. The highest BCUT2D eigenvalue weighted by Crippen LogP contribution is 2.30. The summed E-state index contributed by atoms with van der Waals surface area (Å²) in [4.78, 5) is 26.3. The van der Waals surface area contributed by atoms with Crippen molar-refractivity contribution in [2.45, 2.75) is 6.92 Å². The molecule has 1 aromatic heterocycles. The molecule has 6 nitrogen and oxygen atoms in total. The molecule has 0 unspecified atom stereocenters. The fourth-order valence-electron chi connectivity index (χ4n) is 1.93. The fourth-order valence-corrected chi connectivity index (χ4v) is 2.17. The van der Waals surface area contributed by atoms with Crippen LogP contribution in [0.4, 0.5) is 5.82 Å². The van der Waals surface area contributed by atoms with E-state index < -0.39 is 11.9 Å². The number of carbonyl (C=O) groups is 2. The molecule has 0 saturated carbocycles. The molecule has 0 aliphatic rings. The highest BCUT2D eigenvalue weighted by atomic mass is 35.5. The minimum Gasteiger partial charge on any atom is -0.465 e. The zero-order valence-corrected chi connectivity index (χ0v) is 11.7. The number of nitrogens with two attached hydrogens (primary N) is 1. The van der Waals surface area contributed by atoms with Gasteiger partial charge in [-0.3, -0.25) is 0 Å². The van der Waals surface area contributed by atoms with E-state index in [0.717, 1.165) is 0 Å². The van der Waals surface area contributed by atoms with Gasteiger partial charge in [0.15, 0.2) is 0 Å². The van der Waals surface area contributed by atoms with Gasteiger partial charge in [0.2, 0.25) is 0 Å². The molecule has 0 spiro atoms. The van der Waals surface area contributed by atoms with Crippen molar-refractivity contribution in [3.63, 3.8) is 0 Å². The number of anilines is 1. The Labute approximate surface area is 119 Å². The Balaban J connectivity index is 2.64. The monoisotopic (exact) mass is 296 g/mol. The van der Waals surface area contributed by atoms with Gasteiger partial charge in [0.1, 0.15) is 11.4 Å². The number of methoxy groups -OCH3 is 1. The summed E-state index contributed by atoms with van der Waals surface area (Å²) in [5.41, 5.74) is 6.69. The lowest BCUT2D eigenvalue weighted by Gasteiger charge is -2.04. The maximum absolute atomic E-state index is 11.9. The van der Waals surface area contributed by atoms with Crippen molar-refractivity contribution in [2.24, 2.45) is 0 Å². The van der Waals surface area contributed by atoms with E-state index in [1.807, 2.05) is 0 Å². The lowest BCUT2D eigenvalue weighted by Crippen LogP contribution is -2.07. The second-order valence-corrected chi connectivity index (χ2v) is 4.41. The van der Waals surface area contributed by atoms with Crippen LogP contribution >= 0.6 is 11.6 Å². The summed E-state index contributed by atoms with van der Waals surface area (Å²) in [6, 6.07) is 2.98. The number of nitrogen functional groups attached to an aromatic ring is 1. The Morgan fingerprint density at radius 1 is 1.35 bits per heavy atom. The van der Waals surface area contributed by atoms with Crippen molar-refractivity contribution in [3.05, 3.63) is 28.3 Å². The van der Waals surface area contributed by atoms with Gasteiger partial charge in [-0.15, -0.1) is 0 Å². The molecule has 2 rings (SSSR count). The number of aromatic amines is 1. The molecule has 0 aliphatic carbocycles. The number of esters is 2. The van der Waals surface area contributed by atoms with Crippen molar-refractivity contribution < 1.29 is 19.1 Å². The summed E-state index contributed by atoms with van der Waals surface area (Å²) < 4.78 is 9.57. The molecule has 106 valence electrons. The highest BCUT2D eigenvalue weighted by molar-refractivity contribution is 6.34. The third-order valence-corrected chi connectivity index (χ3v) is 3.11. The number of nitrogens with one attached hydrogen (secondary N) is 1. The predicted molar refractivity (Wildman–Crippen MR) is 75.0 cm³/mol. The maximum atomic E-state index is 11.9. The molecule has 0 saturated heterocycles. The number of fused-ring (bicyclic) bond motifs is 1. The van der Waals surface area contributed by atoms with Crippen molar-refractivity contribution in [1.29, 1.82) is 0 Å². The number of halogens is 1. The summed E-state index contributed by atoms with van der Waals surface area (Å²) in [7, 11) is 1.26. The number of hydrogen-bond donors (Lipinski definition) is 2. The van der Waals surface area contributed by atoms with Crippen molar-refractivity contribution in [3.8, 4) is 0 Å². The predicted octanol–water partition coefficient (Wildman–Crippen LogP) is 2.37. The largest absolute Gasteiger partial charge is 0.465 e. The molecule has 0 bridgehead atoms. The van der Waals surface area contributed by atoms with Gasteiger partial charge in [-0.25, -0.2) is 9.59 Å². The third kappa shape index (κ3) is 2.30. The SMILES string of the molecule is CCOC(=O)c1c(N)[nH]c2cc(C(=O)OC)c(Cl)cc12.